The zero-order chi connectivity index (χ0) is 22.8. The molecule has 0 heterocycles. The van der Waals surface area contributed by atoms with E-state index in [-0.39, 0.29) is 0 Å². The van der Waals surface area contributed by atoms with E-state index in [2.05, 4.69) is 32.6 Å². The summed E-state index contributed by atoms with van der Waals surface area (Å²) in [5.74, 6) is 2.14. The van der Waals surface area contributed by atoms with Crippen LogP contribution in [-0.4, -0.2) is 33.1 Å². The lowest BCUT2D eigenvalue weighted by molar-refractivity contribution is 0.0519. The molecule has 3 N–H and O–H groups in total. The van der Waals surface area contributed by atoms with E-state index in [9.17, 15) is 15.3 Å². The molecule has 3 aliphatic carbocycles. The van der Waals surface area contributed by atoms with Gasteiger partial charge < -0.3 is 15.3 Å². The van der Waals surface area contributed by atoms with Gasteiger partial charge in [-0.05, 0) is 99.5 Å². The summed E-state index contributed by atoms with van der Waals surface area (Å²) in [6, 6.07) is 0. The molecule has 31 heavy (non-hydrogen) atoms. The summed E-state index contributed by atoms with van der Waals surface area (Å²) < 4.78 is 0. The maximum atomic E-state index is 10.2. The van der Waals surface area contributed by atoms with Crippen molar-refractivity contribution in [2.45, 2.75) is 116 Å². The molecule has 0 aliphatic heterocycles. The molecule has 176 valence electrons. The Hall–Kier alpha value is -0.900. The summed E-state index contributed by atoms with van der Waals surface area (Å²) in [5, 5.41) is 30.3. The molecule has 3 aliphatic rings. The fraction of sp³-hybridized carbons (Fsp3) is 0.786. The third-order valence-corrected chi connectivity index (χ3v) is 8.81. The van der Waals surface area contributed by atoms with E-state index in [1.807, 2.05) is 13.8 Å². The van der Waals surface area contributed by atoms with Crippen LogP contribution in [0.1, 0.15) is 98.3 Å². The Morgan fingerprint density at radius 1 is 1.23 bits per heavy atom. The van der Waals surface area contributed by atoms with E-state index in [0.717, 1.165) is 29.9 Å². The summed E-state index contributed by atoms with van der Waals surface area (Å²) in [6.45, 7) is 12.8. The first-order valence-electron chi connectivity index (χ1n) is 12.7. The van der Waals surface area contributed by atoms with Crippen LogP contribution in [0, 0.1) is 23.2 Å². The maximum Gasteiger partial charge on any atom is 0.0811 e. The predicted molar refractivity (Wildman–Crippen MR) is 129 cm³/mol. The van der Waals surface area contributed by atoms with E-state index in [1.165, 1.54) is 44.9 Å². The van der Waals surface area contributed by atoms with Gasteiger partial charge in [0.15, 0.2) is 0 Å². The van der Waals surface area contributed by atoms with Gasteiger partial charge in [0.1, 0.15) is 0 Å². The molecule has 0 spiro atoms. The van der Waals surface area contributed by atoms with Crippen LogP contribution in [0.5, 0.6) is 0 Å². The molecule has 3 heteroatoms. The number of allylic oxidation sites excluding steroid dienone is 3. The largest absolute Gasteiger partial charge is 0.393 e. The second-order valence-corrected chi connectivity index (χ2v) is 11.4. The zero-order valence-electron chi connectivity index (χ0n) is 20.4. The molecule has 0 aromatic rings. The summed E-state index contributed by atoms with van der Waals surface area (Å²) in [6.07, 6.45) is 15.2. The first kappa shape index (κ1) is 24.7. The summed E-state index contributed by atoms with van der Waals surface area (Å²) >= 11 is 0. The Morgan fingerprint density at radius 2 is 1.97 bits per heavy atom. The highest BCUT2D eigenvalue weighted by atomic mass is 16.3. The van der Waals surface area contributed by atoms with Crippen LogP contribution in [-0.2, 0) is 0 Å². The van der Waals surface area contributed by atoms with Crippen molar-refractivity contribution >= 4 is 0 Å². The number of aliphatic hydroxyl groups is 3. The highest BCUT2D eigenvalue weighted by molar-refractivity contribution is 5.38. The number of hydrogen-bond donors (Lipinski definition) is 3. The topological polar surface area (TPSA) is 60.7 Å². The fourth-order valence-electron chi connectivity index (χ4n) is 7.15. The fourth-order valence-corrected chi connectivity index (χ4v) is 7.15. The van der Waals surface area contributed by atoms with Gasteiger partial charge in [-0.25, -0.2) is 0 Å². The zero-order valence-corrected chi connectivity index (χ0v) is 20.4. The molecule has 6 atom stereocenters. The first-order valence-corrected chi connectivity index (χ1v) is 12.7. The molecule has 0 bridgehead atoms. The third kappa shape index (κ3) is 5.54. The van der Waals surface area contributed by atoms with Gasteiger partial charge in [-0.2, -0.15) is 0 Å². The minimum atomic E-state index is -0.616. The molecular formula is C28H46O3. The van der Waals surface area contributed by atoms with Crippen LogP contribution in [0.15, 0.2) is 35.5 Å². The Balaban J connectivity index is 1.75. The van der Waals surface area contributed by atoms with E-state index < -0.39 is 17.8 Å². The molecule has 0 unspecified atom stereocenters. The van der Waals surface area contributed by atoms with Crippen LogP contribution in [0.4, 0.5) is 0 Å². The van der Waals surface area contributed by atoms with Gasteiger partial charge in [-0.1, -0.05) is 51.0 Å². The van der Waals surface area contributed by atoms with Gasteiger partial charge in [0.05, 0.1) is 17.8 Å². The highest BCUT2D eigenvalue weighted by Gasteiger charge is 2.52. The van der Waals surface area contributed by atoms with Crippen molar-refractivity contribution < 1.29 is 15.3 Å². The van der Waals surface area contributed by atoms with E-state index >= 15 is 0 Å². The smallest absolute Gasteiger partial charge is 0.0811 e. The van der Waals surface area contributed by atoms with Crippen molar-refractivity contribution in [3.63, 3.8) is 0 Å². The predicted octanol–water partition coefficient (Wildman–Crippen LogP) is 6.09. The Kier molecular flexibility index (Phi) is 7.92. The van der Waals surface area contributed by atoms with Gasteiger partial charge >= 0.3 is 0 Å². The average molecular weight is 431 g/mol. The van der Waals surface area contributed by atoms with E-state index in [4.69, 9.17) is 0 Å². The lowest BCUT2D eigenvalue weighted by Crippen LogP contribution is -2.38. The highest BCUT2D eigenvalue weighted by Crippen LogP contribution is 2.61. The Labute approximate surface area is 190 Å². The van der Waals surface area contributed by atoms with Crippen LogP contribution >= 0.6 is 0 Å². The van der Waals surface area contributed by atoms with Crippen molar-refractivity contribution in [1.29, 1.82) is 0 Å². The molecule has 3 rings (SSSR count). The van der Waals surface area contributed by atoms with Crippen LogP contribution < -0.4 is 0 Å². The third-order valence-electron chi connectivity index (χ3n) is 8.81. The van der Waals surface area contributed by atoms with Gasteiger partial charge in [-0.15, -0.1) is 0 Å². The van der Waals surface area contributed by atoms with Gasteiger partial charge in [0.2, 0.25) is 0 Å². The molecule has 0 aromatic carbocycles. The number of fused-ring (bicyclic) bond motifs is 1. The first-order chi connectivity index (χ1) is 14.6. The SMILES string of the molecule is C=C1/C(=C\C=C2/CCC[C@]3(CC)[C@@H]([C@H](C)CCCC(C)(C)O)CC[C@@H]23)C[C@@H](O)C[C@@H]1O. The Bertz CT molecular complexity index is 698. The van der Waals surface area contributed by atoms with Crippen molar-refractivity contribution in [3.05, 3.63) is 35.5 Å². The molecule has 0 aromatic heterocycles. The Morgan fingerprint density at radius 3 is 2.65 bits per heavy atom. The van der Waals surface area contributed by atoms with E-state index in [1.54, 1.807) is 5.57 Å². The van der Waals surface area contributed by atoms with Crippen molar-refractivity contribution in [2.75, 3.05) is 0 Å². The minimum absolute atomic E-state index is 0.404. The summed E-state index contributed by atoms with van der Waals surface area (Å²) in [7, 11) is 0. The van der Waals surface area contributed by atoms with Gasteiger partial charge in [0, 0.05) is 6.42 Å². The molecule has 0 saturated heterocycles. The molecule has 3 saturated carbocycles. The second-order valence-electron chi connectivity index (χ2n) is 11.4. The standard InChI is InChI=1S/C28H46O3/c1-6-28-16-8-10-21(11-12-22-17-23(29)18-26(30)20(22)3)25(28)14-13-24(28)19(2)9-7-15-27(4,5)31/h11-12,19,23-26,29-31H,3,6-10,13-18H2,1-2,4-5H3/b21-11+,22-12-/t19-,23-,24-,25+,26+,28-/m1/s1. The average Bonchev–Trinajstić information content (AvgIpc) is 3.09. The number of aliphatic hydroxyl groups excluding tert-OH is 2. The summed E-state index contributed by atoms with van der Waals surface area (Å²) in [4.78, 5) is 0. The van der Waals surface area contributed by atoms with Gasteiger partial charge in [0.25, 0.3) is 0 Å². The van der Waals surface area contributed by atoms with Crippen LogP contribution in [0.25, 0.3) is 0 Å². The van der Waals surface area contributed by atoms with Crippen molar-refractivity contribution in [3.8, 4) is 0 Å². The molecule has 0 amide bonds. The minimum Gasteiger partial charge on any atom is -0.393 e. The molecule has 3 fully saturated rings. The molecule has 3 nitrogen and oxygen atoms in total. The van der Waals surface area contributed by atoms with Gasteiger partial charge in [-0.3, -0.25) is 0 Å². The summed E-state index contributed by atoms with van der Waals surface area (Å²) in [5.41, 5.74) is 3.23. The lowest BCUT2D eigenvalue weighted by atomic mass is 9.58. The maximum absolute atomic E-state index is 10.2. The van der Waals surface area contributed by atoms with Crippen molar-refractivity contribution in [2.24, 2.45) is 23.2 Å². The van der Waals surface area contributed by atoms with Crippen LogP contribution in [0.3, 0.4) is 0 Å². The normalized spacial score (nSPS) is 38.0. The van der Waals surface area contributed by atoms with Crippen LogP contribution in [0.2, 0.25) is 0 Å². The number of hydrogen-bond acceptors (Lipinski definition) is 3. The molecule has 0 radical (unpaired) electrons. The van der Waals surface area contributed by atoms with Crippen molar-refractivity contribution in [1.82, 2.24) is 0 Å². The van der Waals surface area contributed by atoms with E-state index in [0.29, 0.717) is 30.1 Å². The quantitative estimate of drug-likeness (QED) is 0.458. The monoisotopic (exact) mass is 430 g/mol. The lowest BCUT2D eigenvalue weighted by Gasteiger charge is -2.47. The second kappa shape index (κ2) is 9.93. The number of rotatable bonds is 7. The molecular weight excluding hydrogens is 384 g/mol.